The van der Waals surface area contributed by atoms with Crippen molar-refractivity contribution in [3.63, 3.8) is 0 Å². The fourth-order valence-electron chi connectivity index (χ4n) is 5.62. The smallest absolute Gasteiger partial charge is 0.253 e. The number of hydrogen-bond donors (Lipinski definition) is 1. The molecule has 1 unspecified atom stereocenters. The van der Waals surface area contributed by atoms with Gasteiger partial charge in [0.15, 0.2) is 5.82 Å². The number of pyridine rings is 2. The van der Waals surface area contributed by atoms with Gasteiger partial charge in [-0.15, -0.1) is 5.10 Å². The quantitative estimate of drug-likeness (QED) is 0.238. The molecule has 210 valence electrons. The first kappa shape index (κ1) is 27.2. The summed E-state index contributed by atoms with van der Waals surface area (Å²) in [7, 11) is 0. The fraction of sp³-hybridized carbons (Fsp3) is 0.206. The van der Waals surface area contributed by atoms with Gasteiger partial charge < -0.3 is 4.98 Å². The Labute approximate surface area is 244 Å². The molecule has 0 aliphatic heterocycles. The van der Waals surface area contributed by atoms with Crippen molar-refractivity contribution in [1.82, 2.24) is 35.1 Å². The number of aromatic amines is 1. The van der Waals surface area contributed by atoms with Crippen molar-refractivity contribution in [1.29, 1.82) is 0 Å². The molecule has 0 aliphatic rings. The van der Waals surface area contributed by atoms with E-state index in [0.29, 0.717) is 31.0 Å². The van der Waals surface area contributed by atoms with Crippen LogP contribution in [0, 0.1) is 13.8 Å². The molecule has 0 saturated carbocycles. The third kappa shape index (κ3) is 6.04. The molecule has 1 atom stereocenters. The Kier molecular flexibility index (Phi) is 7.96. The summed E-state index contributed by atoms with van der Waals surface area (Å²) in [6.45, 7) is 5.82. The summed E-state index contributed by atoms with van der Waals surface area (Å²) < 4.78 is 1.84. The van der Waals surface area contributed by atoms with Gasteiger partial charge >= 0.3 is 0 Å². The number of nitrogens with one attached hydrogen (secondary N) is 1. The van der Waals surface area contributed by atoms with E-state index in [0.717, 1.165) is 39.6 Å². The van der Waals surface area contributed by atoms with E-state index in [1.807, 2.05) is 72.4 Å². The van der Waals surface area contributed by atoms with E-state index in [-0.39, 0.29) is 5.56 Å². The van der Waals surface area contributed by atoms with Gasteiger partial charge in [0.2, 0.25) is 0 Å². The lowest BCUT2D eigenvalue weighted by Crippen LogP contribution is -2.35. The van der Waals surface area contributed by atoms with Crippen LogP contribution < -0.4 is 5.56 Å². The molecular formula is C34H33N7O. The number of hydrogen-bond acceptors (Lipinski definition) is 6. The average Bonchev–Trinajstić information content (AvgIpc) is 3.46. The van der Waals surface area contributed by atoms with Crippen molar-refractivity contribution in [2.45, 2.75) is 45.9 Å². The third-order valence-corrected chi connectivity index (χ3v) is 7.60. The molecule has 0 amide bonds. The van der Waals surface area contributed by atoms with Crippen LogP contribution in [0.3, 0.4) is 0 Å². The average molecular weight is 556 g/mol. The molecule has 3 heterocycles. The summed E-state index contributed by atoms with van der Waals surface area (Å²) in [6.07, 6.45) is 4.40. The normalized spacial score (nSPS) is 12.2. The van der Waals surface area contributed by atoms with E-state index in [2.05, 4.69) is 73.7 Å². The van der Waals surface area contributed by atoms with Crippen LogP contribution in [-0.2, 0) is 26.1 Å². The lowest BCUT2D eigenvalue weighted by Gasteiger charge is -2.31. The van der Waals surface area contributed by atoms with Gasteiger partial charge in [-0.2, -0.15) is 0 Å². The molecule has 3 aromatic carbocycles. The van der Waals surface area contributed by atoms with Gasteiger partial charge in [0.05, 0.1) is 0 Å². The van der Waals surface area contributed by atoms with Crippen molar-refractivity contribution in [2.24, 2.45) is 0 Å². The molecule has 0 radical (unpaired) electrons. The highest BCUT2D eigenvalue weighted by Crippen LogP contribution is 2.31. The molecular weight excluding hydrogens is 522 g/mol. The van der Waals surface area contributed by atoms with Gasteiger partial charge in [0.25, 0.3) is 5.56 Å². The molecule has 0 spiro atoms. The van der Waals surface area contributed by atoms with E-state index in [4.69, 9.17) is 0 Å². The highest BCUT2D eigenvalue weighted by molar-refractivity contribution is 5.83. The summed E-state index contributed by atoms with van der Waals surface area (Å²) in [5.41, 5.74) is 6.83. The van der Waals surface area contributed by atoms with Crippen molar-refractivity contribution in [3.8, 4) is 0 Å². The van der Waals surface area contributed by atoms with Crippen molar-refractivity contribution in [3.05, 3.63) is 153 Å². The Morgan fingerprint density at radius 3 is 2.31 bits per heavy atom. The Hall–Kier alpha value is -4.95. The van der Waals surface area contributed by atoms with E-state index < -0.39 is 6.04 Å². The maximum absolute atomic E-state index is 13.9. The second-order valence-electron chi connectivity index (χ2n) is 10.7. The van der Waals surface area contributed by atoms with Crippen LogP contribution in [0.15, 0.2) is 108 Å². The molecule has 6 aromatic rings. The number of fused-ring (bicyclic) bond motifs is 1. The van der Waals surface area contributed by atoms with Crippen molar-refractivity contribution >= 4 is 10.9 Å². The highest BCUT2D eigenvalue weighted by Gasteiger charge is 2.31. The molecule has 0 bridgehead atoms. The summed E-state index contributed by atoms with van der Waals surface area (Å²) in [5, 5.41) is 14.1. The number of tetrazole rings is 1. The first-order valence-electron chi connectivity index (χ1n) is 14.2. The van der Waals surface area contributed by atoms with Crippen LogP contribution in [0.2, 0.25) is 0 Å². The van der Waals surface area contributed by atoms with Gasteiger partial charge in [0, 0.05) is 48.5 Å². The molecule has 8 nitrogen and oxygen atoms in total. The van der Waals surface area contributed by atoms with E-state index in [1.165, 1.54) is 5.56 Å². The number of H-pyrrole nitrogens is 1. The number of aromatic nitrogens is 6. The Balaban J connectivity index is 1.50. The van der Waals surface area contributed by atoms with Crippen LogP contribution in [0.4, 0.5) is 0 Å². The molecule has 8 heteroatoms. The van der Waals surface area contributed by atoms with E-state index >= 15 is 0 Å². The number of rotatable bonds is 10. The topological polar surface area (TPSA) is 92.6 Å². The largest absolute Gasteiger partial charge is 0.322 e. The molecule has 1 N–H and O–H groups in total. The van der Waals surface area contributed by atoms with Crippen molar-refractivity contribution < 1.29 is 0 Å². The van der Waals surface area contributed by atoms with E-state index in [9.17, 15) is 4.79 Å². The molecule has 42 heavy (non-hydrogen) atoms. The van der Waals surface area contributed by atoms with Crippen LogP contribution in [0.1, 0.15) is 45.2 Å². The van der Waals surface area contributed by atoms with Gasteiger partial charge in [-0.1, -0.05) is 72.8 Å². The summed E-state index contributed by atoms with van der Waals surface area (Å²) in [6, 6.07) is 30.2. The molecule has 0 fully saturated rings. The molecule has 0 saturated heterocycles. The second kappa shape index (κ2) is 12.3. The van der Waals surface area contributed by atoms with Crippen LogP contribution in [0.5, 0.6) is 0 Å². The SMILES string of the molecule is Cc1cc(C)c2cc(C(c3nnnn3CCc3ccccc3)N(Cc3ccccc3)Cc3cccnc3)c(=O)[nH]c2c1. The first-order chi connectivity index (χ1) is 20.5. The summed E-state index contributed by atoms with van der Waals surface area (Å²) in [4.78, 5) is 23.7. The maximum atomic E-state index is 13.9. The van der Waals surface area contributed by atoms with Crippen LogP contribution in [-0.4, -0.2) is 35.1 Å². The number of nitrogens with zero attached hydrogens (tertiary/aromatic N) is 6. The lowest BCUT2D eigenvalue weighted by atomic mass is 9.99. The minimum absolute atomic E-state index is 0.153. The zero-order chi connectivity index (χ0) is 28.9. The fourth-order valence-corrected chi connectivity index (χ4v) is 5.62. The number of aryl methyl sites for hydroxylation is 4. The Morgan fingerprint density at radius 2 is 1.57 bits per heavy atom. The summed E-state index contributed by atoms with van der Waals surface area (Å²) >= 11 is 0. The Bertz CT molecular complexity index is 1790. The zero-order valence-corrected chi connectivity index (χ0v) is 23.8. The monoisotopic (exact) mass is 555 g/mol. The predicted molar refractivity (Wildman–Crippen MR) is 164 cm³/mol. The maximum Gasteiger partial charge on any atom is 0.253 e. The van der Waals surface area contributed by atoms with E-state index in [1.54, 1.807) is 6.20 Å². The Morgan fingerprint density at radius 1 is 0.857 bits per heavy atom. The first-order valence-corrected chi connectivity index (χ1v) is 14.2. The number of benzene rings is 3. The van der Waals surface area contributed by atoms with Crippen LogP contribution in [0.25, 0.3) is 10.9 Å². The molecule has 6 rings (SSSR count). The lowest BCUT2D eigenvalue weighted by molar-refractivity contribution is 0.193. The van der Waals surface area contributed by atoms with Crippen molar-refractivity contribution in [2.75, 3.05) is 0 Å². The highest BCUT2D eigenvalue weighted by atomic mass is 16.1. The standard InChI is InChI=1S/C34H33N7O/c1-24-18-25(2)29-20-30(34(42)36-31(29)19-24)32(33-37-38-39-41(33)17-15-26-10-5-3-6-11-26)40(22-27-12-7-4-8-13-27)23-28-14-9-16-35-21-28/h3-14,16,18-21,32H,15,17,22-23H2,1-2H3,(H,36,42). The minimum atomic E-state index is -0.523. The van der Waals surface area contributed by atoms with Gasteiger partial charge in [-0.05, 0) is 76.7 Å². The summed E-state index contributed by atoms with van der Waals surface area (Å²) in [5.74, 6) is 0.625. The molecule has 0 aliphatic carbocycles. The predicted octanol–water partition coefficient (Wildman–Crippen LogP) is 5.56. The zero-order valence-electron chi connectivity index (χ0n) is 23.8. The minimum Gasteiger partial charge on any atom is -0.322 e. The second-order valence-corrected chi connectivity index (χ2v) is 10.7. The third-order valence-electron chi connectivity index (χ3n) is 7.60. The van der Waals surface area contributed by atoms with Gasteiger partial charge in [0.1, 0.15) is 6.04 Å². The van der Waals surface area contributed by atoms with Crippen LogP contribution >= 0.6 is 0 Å². The molecule has 3 aromatic heterocycles. The van der Waals surface area contributed by atoms with Gasteiger partial charge in [-0.25, -0.2) is 4.68 Å². The van der Waals surface area contributed by atoms with Gasteiger partial charge in [-0.3, -0.25) is 14.7 Å².